The molecule has 0 aliphatic heterocycles. The fourth-order valence-electron chi connectivity index (χ4n) is 4.99. The third kappa shape index (κ3) is 6.21. The molecule has 0 saturated heterocycles. The molecule has 0 fully saturated rings. The highest BCUT2D eigenvalue weighted by molar-refractivity contribution is 6.05. The molecule has 5 aromatic rings. The Kier molecular flexibility index (Phi) is 8.85. The molecule has 0 radical (unpaired) electrons. The van der Waals surface area contributed by atoms with E-state index in [9.17, 15) is 9.59 Å². The van der Waals surface area contributed by atoms with Crippen LogP contribution in [0.15, 0.2) is 90.5 Å². The summed E-state index contributed by atoms with van der Waals surface area (Å²) >= 11 is 0. The van der Waals surface area contributed by atoms with Crippen molar-refractivity contribution in [2.75, 3.05) is 38.5 Å². The third-order valence-corrected chi connectivity index (χ3v) is 7.43. The van der Waals surface area contributed by atoms with E-state index < -0.39 is 17.3 Å². The summed E-state index contributed by atoms with van der Waals surface area (Å²) in [7, 11) is 6.89. The normalized spacial score (nSPS) is 10.8. The Morgan fingerprint density at radius 3 is 2.36 bits per heavy atom. The van der Waals surface area contributed by atoms with E-state index in [1.54, 1.807) is 43.6 Å². The van der Waals surface area contributed by atoms with Gasteiger partial charge in [-0.1, -0.05) is 6.08 Å². The summed E-state index contributed by atoms with van der Waals surface area (Å²) in [6.45, 7) is 5.53. The molecule has 0 aliphatic rings. The lowest BCUT2D eigenvalue weighted by atomic mass is 10.0. The third-order valence-electron chi connectivity index (χ3n) is 7.43. The van der Waals surface area contributed by atoms with Crippen molar-refractivity contribution in [2.45, 2.75) is 13.3 Å². The van der Waals surface area contributed by atoms with Gasteiger partial charge in [0.05, 0.1) is 19.7 Å². The smallest absolute Gasteiger partial charge is 0.268 e. The molecule has 0 saturated carbocycles. The number of ether oxygens (including phenoxy) is 3. The first kappa shape index (κ1) is 30.8. The Balaban J connectivity index is 1.45. The number of carbonyl (C=O) groups excluding carboxylic acids is 1. The quantitative estimate of drug-likeness (QED) is 0.177. The van der Waals surface area contributed by atoms with Crippen LogP contribution in [0.4, 0.5) is 15.8 Å². The largest absolute Gasteiger partial charge is 0.493 e. The van der Waals surface area contributed by atoms with Gasteiger partial charge in [0.2, 0.25) is 0 Å². The molecular weight excluding hydrogens is 575 g/mol. The molecule has 0 aliphatic carbocycles. The van der Waals surface area contributed by atoms with Crippen LogP contribution in [0.5, 0.6) is 23.0 Å². The van der Waals surface area contributed by atoms with Gasteiger partial charge < -0.3 is 24.4 Å². The van der Waals surface area contributed by atoms with Crippen LogP contribution >= 0.6 is 0 Å². The summed E-state index contributed by atoms with van der Waals surface area (Å²) in [5.74, 6) is -0.114. The summed E-state index contributed by atoms with van der Waals surface area (Å²) in [6.07, 6.45) is 5.43. The standard InChI is InChI=1S/C35H33FN4O5/c1-7-8-22-20-40(25-12-10-24(11-13-25)39(3)4)35(42)33(21(22)2)34(41)38-23-9-14-30(27(36)17-23)45-29-15-16-37-28-19-32(44-6)31(43-5)18-26(28)29/h7,9-20H,1,8H2,2-6H3,(H,38,41). The van der Waals surface area contributed by atoms with Crippen molar-refractivity contribution in [3.05, 3.63) is 119 Å². The molecule has 5 rings (SSSR count). The number of allylic oxidation sites excluding steroid dienone is 1. The molecule has 1 amide bonds. The highest BCUT2D eigenvalue weighted by atomic mass is 19.1. The number of nitrogens with zero attached hydrogens (tertiary/aromatic N) is 3. The van der Waals surface area contributed by atoms with Crippen molar-refractivity contribution < 1.29 is 23.4 Å². The molecule has 2 heterocycles. The van der Waals surface area contributed by atoms with Crippen LogP contribution < -0.4 is 30.0 Å². The Bertz CT molecular complexity index is 1970. The van der Waals surface area contributed by atoms with Gasteiger partial charge in [-0.25, -0.2) is 4.39 Å². The summed E-state index contributed by atoms with van der Waals surface area (Å²) in [4.78, 5) is 33.5. The van der Waals surface area contributed by atoms with Gasteiger partial charge in [-0.2, -0.15) is 0 Å². The van der Waals surface area contributed by atoms with Gasteiger partial charge >= 0.3 is 0 Å². The first-order chi connectivity index (χ1) is 21.6. The van der Waals surface area contributed by atoms with E-state index in [2.05, 4.69) is 16.9 Å². The maximum absolute atomic E-state index is 15.3. The summed E-state index contributed by atoms with van der Waals surface area (Å²) in [5, 5.41) is 3.27. The van der Waals surface area contributed by atoms with E-state index in [4.69, 9.17) is 14.2 Å². The number of carbonyl (C=O) groups is 1. The van der Waals surface area contributed by atoms with Crippen molar-refractivity contribution in [3.63, 3.8) is 0 Å². The van der Waals surface area contributed by atoms with Crippen molar-refractivity contribution in [1.82, 2.24) is 9.55 Å². The topological polar surface area (TPSA) is 94.9 Å². The van der Waals surface area contributed by atoms with Crippen LogP contribution in [-0.2, 0) is 6.42 Å². The fraction of sp³-hybridized carbons (Fsp3) is 0.171. The van der Waals surface area contributed by atoms with Crippen molar-refractivity contribution >= 4 is 28.2 Å². The van der Waals surface area contributed by atoms with Crippen LogP contribution in [0.2, 0.25) is 0 Å². The van der Waals surface area contributed by atoms with E-state index in [0.29, 0.717) is 45.8 Å². The Morgan fingerprint density at radius 1 is 1.00 bits per heavy atom. The van der Waals surface area contributed by atoms with Gasteiger partial charge in [-0.15, -0.1) is 6.58 Å². The van der Waals surface area contributed by atoms with Gasteiger partial charge in [-0.05, 0) is 73.0 Å². The van der Waals surface area contributed by atoms with Crippen LogP contribution in [0, 0.1) is 12.7 Å². The number of pyridine rings is 2. The second-order valence-electron chi connectivity index (χ2n) is 10.5. The molecule has 1 N–H and O–H groups in total. The Morgan fingerprint density at radius 2 is 1.71 bits per heavy atom. The van der Waals surface area contributed by atoms with E-state index >= 15 is 4.39 Å². The Hall–Kier alpha value is -5.64. The average Bonchev–Trinajstić information content (AvgIpc) is 3.03. The molecular formula is C35H33FN4O5. The van der Waals surface area contributed by atoms with Crippen LogP contribution in [0.1, 0.15) is 21.5 Å². The summed E-state index contributed by atoms with van der Waals surface area (Å²) in [5.41, 5.74) is 3.06. The minimum Gasteiger partial charge on any atom is -0.493 e. The summed E-state index contributed by atoms with van der Waals surface area (Å²) < 4.78 is 33.4. The van der Waals surface area contributed by atoms with Crippen molar-refractivity contribution in [1.29, 1.82) is 0 Å². The number of methoxy groups -OCH3 is 2. The van der Waals surface area contributed by atoms with Crippen molar-refractivity contribution in [3.8, 4) is 28.7 Å². The maximum atomic E-state index is 15.3. The lowest BCUT2D eigenvalue weighted by Crippen LogP contribution is -2.30. The first-order valence-electron chi connectivity index (χ1n) is 14.1. The first-order valence-corrected chi connectivity index (χ1v) is 14.1. The lowest BCUT2D eigenvalue weighted by Gasteiger charge is -2.17. The second kappa shape index (κ2) is 12.9. The zero-order chi connectivity index (χ0) is 32.2. The van der Waals surface area contributed by atoms with E-state index in [-0.39, 0.29) is 17.0 Å². The number of aromatic nitrogens is 2. The van der Waals surface area contributed by atoms with Crippen LogP contribution in [0.3, 0.4) is 0 Å². The van der Waals surface area contributed by atoms with Gasteiger partial charge in [0.25, 0.3) is 11.5 Å². The minimum atomic E-state index is -0.714. The van der Waals surface area contributed by atoms with E-state index in [0.717, 1.165) is 17.3 Å². The molecule has 0 atom stereocenters. The predicted octanol–water partition coefficient (Wildman–Crippen LogP) is 6.69. The van der Waals surface area contributed by atoms with Gasteiger partial charge in [-0.3, -0.25) is 19.1 Å². The number of amides is 1. The average molecular weight is 609 g/mol. The molecule has 230 valence electrons. The molecule has 2 aromatic heterocycles. The van der Waals surface area contributed by atoms with Crippen LogP contribution in [-0.4, -0.2) is 43.8 Å². The van der Waals surface area contributed by atoms with Crippen LogP contribution in [0.25, 0.3) is 16.6 Å². The molecule has 0 spiro atoms. The fourth-order valence-corrected chi connectivity index (χ4v) is 4.99. The Labute approximate surface area is 260 Å². The zero-order valence-corrected chi connectivity index (χ0v) is 25.7. The molecule has 0 unspecified atom stereocenters. The number of fused-ring (bicyclic) bond motifs is 1. The zero-order valence-electron chi connectivity index (χ0n) is 25.7. The van der Waals surface area contributed by atoms with Gasteiger partial charge in [0.1, 0.15) is 11.3 Å². The number of nitrogens with one attached hydrogen (secondary N) is 1. The number of rotatable bonds is 10. The van der Waals surface area contributed by atoms with Gasteiger partial charge in [0, 0.05) is 61.1 Å². The monoisotopic (exact) mass is 608 g/mol. The number of hydrogen-bond acceptors (Lipinski definition) is 7. The molecule has 9 nitrogen and oxygen atoms in total. The lowest BCUT2D eigenvalue weighted by molar-refractivity contribution is 0.102. The highest BCUT2D eigenvalue weighted by Crippen LogP contribution is 2.37. The predicted molar refractivity (Wildman–Crippen MR) is 174 cm³/mol. The number of halogens is 1. The number of hydrogen-bond donors (Lipinski definition) is 1. The van der Waals surface area contributed by atoms with Crippen molar-refractivity contribution in [2.24, 2.45) is 0 Å². The highest BCUT2D eigenvalue weighted by Gasteiger charge is 2.21. The molecule has 10 heteroatoms. The minimum absolute atomic E-state index is 0.0422. The molecule has 3 aromatic carbocycles. The van der Waals surface area contributed by atoms with Gasteiger partial charge in [0.15, 0.2) is 23.1 Å². The molecule has 45 heavy (non-hydrogen) atoms. The van der Waals surface area contributed by atoms with E-state index in [1.807, 2.05) is 43.3 Å². The summed E-state index contributed by atoms with van der Waals surface area (Å²) in [6, 6.07) is 16.5. The second-order valence-corrected chi connectivity index (χ2v) is 10.5. The SMILES string of the molecule is C=CCc1cn(-c2ccc(N(C)C)cc2)c(=O)c(C(=O)Nc2ccc(Oc3ccnc4cc(OC)c(OC)cc34)c(F)c2)c1C. The number of benzene rings is 3. The van der Waals surface area contributed by atoms with E-state index in [1.165, 1.54) is 30.9 Å². The number of anilines is 2. The molecule has 0 bridgehead atoms. The maximum Gasteiger partial charge on any atom is 0.268 e.